The van der Waals surface area contributed by atoms with Crippen molar-refractivity contribution in [2.45, 2.75) is 32.7 Å². The van der Waals surface area contributed by atoms with E-state index in [4.69, 9.17) is 0 Å². The molecule has 4 heteroatoms. The minimum atomic E-state index is 0.569. The first-order chi connectivity index (χ1) is 7.61. The van der Waals surface area contributed by atoms with Crippen molar-refractivity contribution in [3.05, 3.63) is 11.8 Å². The minimum Gasteiger partial charge on any atom is -0.357 e. The van der Waals surface area contributed by atoms with Gasteiger partial charge in [-0.05, 0) is 32.6 Å². The van der Waals surface area contributed by atoms with Crippen molar-refractivity contribution < 1.29 is 0 Å². The molecular weight excluding hydrogens is 200 g/mol. The van der Waals surface area contributed by atoms with Gasteiger partial charge in [0.1, 0.15) is 5.82 Å². The van der Waals surface area contributed by atoms with Crippen LogP contribution in [-0.4, -0.2) is 30.1 Å². The molecule has 1 N–H and O–H groups in total. The summed E-state index contributed by atoms with van der Waals surface area (Å²) in [4.78, 5) is 11.0. The molecule has 88 valence electrons. The van der Waals surface area contributed by atoms with E-state index in [1.807, 2.05) is 20.0 Å². The zero-order valence-corrected chi connectivity index (χ0v) is 10.5. The lowest BCUT2D eigenvalue weighted by molar-refractivity contribution is 0.603. The lowest BCUT2D eigenvalue weighted by Crippen LogP contribution is -2.31. The van der Waals surface area contributed by atoms with Gasteiger partial charge in [0.25, 0.3) is 0 Å². The molecule has 1 aliphatic carbocycles. The van der Waals surface area contributed by atoms with Crippen molar-refractivity contribution in [3.8, 4) is 0 Å². The second kappa shape index (κ2) is 4.28. The molecule has 1 fully saturated rings. The second-order valence-electron chi connectivity index (χ2n) is 4.63. The van der Waals surface area contributed by atoms with E-state index in [2.05, 4.69) is 34.2 Å². The number of aryl methyl sites for hydroxylation is 1. The highest BCUT2D eigenvalue weighted by Crippen LogP contribution is 2.35. The van der Waals surface area contributed by atoms with E-state index in [-0.39, 0.29) is 0 Å². The molecule has 1 heterocycles. The van der Waals surface area contributed by atoms with E-state index in [9.17, 15) is 0 Å². The van der Waals surface area contributed by atoms with Gasteiger partial charge in [-0.3, -0.25) is 0 Å². The molecule has 0 bridgehead atoms. The first-order valence-corrected chi connectivity index (χ1v) is 5.88. The summed E-state index contributed by atoms with van der Waals surface area (Å²) in [5.74, 6) is 2.56. The SMILES string of the molecule is CNc1nc(C)cc(N(C)C(C)C2CC2)n1. The number of aromatic nitrogens is 2. The summed E-state index contributed by atoms with van der Waals surface area (Å²) < 4.78 is 0. The third-order valence-corrected chi connectivity index (χ3v) is 3.34. The highest BCUT2D eigenvalue weighted by molar-refractivity contribution is 5.45. The average molecular weight is 220 g/mol. The van der Waals surface area contributed by atoms with Crippen molar-refractivity contribution in [2.75, 3.05) is 24.3 Å². The third kappa shape index (κ3) is 2.26. The quantitative estimate of drug-likeness (QED) is 0.843. The molecule has 2 rings (SSSR count). The molecule has 1 unspecified atom stereocenters. The van der Waals surface area contributed by atoms with Gasteiger partial charge in [0, 0.05) is 31.9 Å². The van der Waals surface area contributed by atoms with Gasteiger partial charge < -0.3 is 10.2 Å². The first-order valence-electron chi connectivity index (χ1n) is 5.88. The third-order valence-electron chi connectivity index (χ3n) is 3.34. The minimum absolute atomic E-state index is 0.569. The van der Waals surface area contributed by atoms with Crippen LogP contribution in [0.5, 0.6) is 0 Å². The molecule has 16 heavy (non-hydrogen) atoms. The Hall–Kier alpha value is -1.32. The van der Waals surface area contributed by atoms with Crippen LogP contribution in [0.3, 0.4) is 0 Å². The lowest BCUT2D eigenvalue weighted by atomic mass is 10.2. The predicted molar refractivity (Wildman–Crippen MR) is 66.9 cm³/mol. The summed E-state index contributed by atoms with van der Waals surface area (Å²) in [7, 11) is 3.97. The fourth-order valence-electron chi connectivity index (χ4n) is 1.95. The van der Waals surface area contributed by atoms with Crippen LogP contribution < -0.4 is 10.2 Å². The maximum absolute atomic E-state index is 4.49. The molecular formula is C12H20N4. The summed E-state index contributed by atoms with van der Waals surface area (Å²) in [6.45, 7) is 4.27. The number of nitrogens with zero attached hydrogens (tertiary/aromatic N) is 3. The molecule has 0 aliphatic heterocycles. The van der Waals surface area contributed by atoms with Crippen LogP contribution in [0.25, 0.3) is 0 Å². The normalized spacial score (nSPS) is 17.0. The van der Waals surface area contributed by atoms with Crippen molar-refractivity contribution >= 4 is 11.8 Å². The van der Waals surface area contributed by atoms with Crippen LogP contribution in [0.15, 0.2) is 6.07 Å². The van der Waals surface area contributed by atoms with Crippen LogP contribution in [0, 0.1) is 12.8 Å². The zero-order chi connectivity index (χ0) is 11.7. The molecule has 1 aromatic heterocycles. The van der Waals surface area contributed by atoms with Crippen molar-refractivity contribution in [3.63, 3.8) is 0 Å². The molecule has 1 saturated carbocycles. The van der Waals surface area contributed by atoms with Crippen LogP contribution >= 0.6 is 0 Å². The van der Waals surface area contributed by atoms with Crippen LogP contribution in [0.4, 0.5) is 11.8 Å². The molecule has 0 radical (unpaired) electrons. The highest BCUT2D eigenvalue weighted by Gasteiger charge is 2.31. The van der Waals surface area contributed by atoms with Gasteiger partial charge in [0.05, 0.1) is 0 Å². The smallest absolute Gasteiger partial charge is 0.224 e. The molecule has 0 aromatic carbocycles. The van der Waals surface area contributed by atoms with E-state index in [1.165, 1.54) is 12.8 Å². The molecule has 4 nitrogen and oxygen atoms in total. The average Bonchev–Trinajstić information content (AvgIpc) is 3.10. The summed E-state index contributed by atoms with van der Waals surface area (Å²) >= 11 is 0. The predicted octanol–water partition coefficient (Wildman–Crippen LogP) is 2.06. The molecule has 1 atom stereocenters. The van der Waals surface area contributed by atoms with E-state index in [1.54, 1.807) is 0 Å². The Morgan fingerprint density at radius 1 is 1.44 bits per heavy atom. The number of rotatable bonds is 4. The summed E-state index contributed by atoms with van der Waals surface area (Å²) in [5, 5.41) is 3.00. The number of hydrogen-bond acceptors (Lipinski definition) is 4. The van der Waals surface area contributed by atoms with Crippen molar-refractivity contribution in [1.82, 2.24) is 9.97 Å². The van der Waals surface area contributed by atoms with Gasteiger partial charge in [-0.15, -0.1) is 0 Å². The molecule has 1 aliphatic rings. The Balaban J connectivity index is 2.20. The Kier molecular flexibility index (Phi) is 2.99. The van der Waals surface area contributed by atoms with Gasteiger partial charge in [0.2, 0.25) is 5.95 Å². The van der Waals surface area contributed by atoms with Crippen molar-refractivity contribution in [2.24, 2.45) is 5.92 Å². The largest absolute Gasteiger partial charge is 0.357 e. The van der Waals surface area contributed by atoms with Gasteiger partial charge >= 0.3 is 0 Å². The maximum atomic E-state index is 4.49. The Morgan fingerprint density at radius 2 is 2.12 bits per heavy atom. The van der Waals surface area contributed by atoms with E-state index in [0.29, 0.717) is 12.0 Å². The summed E-state index contributed by atoms with van der Waals surface area (Å²) in [6.07, 6.45) is 2.71. The standard InChI is InChI=1S/C12H20N4/c1-8-7-11(15-12(13-3)14-8)16(4)9(2)10-5-6-10/h7,9-10H,5-6H2,1-4H3,(H,13,14,15). The number of anilines is 2. The highest BCUT2D eigenvalue weighted by atomic mass is 15.2. The van der Waals surface area contributed by atoms with Crippen LogP contribution in [0.1, 0.15) is 25.5 Å². The molecule has 0 spiro atoms. The van der Waals surface area contributed by atoms with E-state index < -0.39 is 0 Å². The molecule has 1 aromatic rings. The zero-order valence-electron chi connectivity index (χ0n) is 10.5. The number of nitrogens with one attached hydrogen (secondary N) is 1. The van der Waals surface area contributed by atoms with Gasteiger partial charge in [-0.1, -0.05) is 0 Å². The fraction of sp³-hybridized carbons (Fsp3) is 0.667. The molecule has 0 saturated heterocycles. The van der Waals surface area contributed by atoms with E-state index in [0.717, 1.165) is 17.4 Å². The van der Waals surface area contributed by atoms with Crippen LogP contribution in [0.2, 0.25) is 0 Å². The first kappa shape index (κ1) is 11.2. The second-order valence-corrected chi connectivity index (χ2v) is 4.63. The van der Waals surface area contributed by atoms with Gasteiger partial charge in [-0.2, -0.15) is 4.98 Å². The van der Waals surface area contributed by atoms with Gasteiger partial charge in [-0.25, -0.2) is 4.98 Å². The Morgan fingerprint density at radius 3 is 2.69 bits per heavy atom. The van der Waals surface area contributed by atoms with Gasteiger partial charge in [0.15, 0.2) is 0 Å². The molecule has 0 amide bonds. The van der Waals surface area contributed by atoms with E-state index >= 15 is 0 Å². The van der Waals surface area contributed by atoms with Crippen molar-refractivity contribution in [1.29, 1.82) is 0 Å². The number of hydrogen-bond donors (Lipinski definition) is 1. The topological polar surface area (TPSA) is 41.1 Å². The maximum Gasteiger partial charge on any atom is 0.224 e. The van der Waals surface area contributed by atoms with Crippen LogP contribution in [-0.2, 0) is 0 Å². The summed E-state index contributed by atoms with van der Waals surface area (Å²) in [6, 6.07) is 2.61. The summed E-state index contributed by atoms with van der Waals surface area (Å²) in [5.41, 5.74) is 1.00. The Labute approximate surface area is 97.1 Å². The fourth-order valence-corrected chi connectivity index (χ4v) is 1.95. The lowest BCUT2D eigenvalue weighted by Gasteiger charge is -2.26. The Bertz CT molecular complexity index is 373. The monoisotopic (exact) mass is 220 g/mol.